The highest BCUT2D eigenvalue weighted by Crippen LogP contribution is 2.32. The Bertz CT molecular complexity index is 578. The van der Waals surface area contributed by atoms with E-state index in [1.165, 1.54) is 0 Å². The number of aromatic nitrogens is 2. The number of ether oxygens (including phenoxy) is 2. The van der Waals surface area contributed by atoms with E-state index in [2.05, 4.69) is 4.98 Å². The van der Waals surface area contributed by atoms with Gasteiger partial charge in [-0.2, -0.15) is 0 Å². The first kappa shape index (κ1) is 14.4. The third-order valence-corrected chi connectivity index (χ3v) is 3.26. The van der Waals surface area contributed by atoms with Crippen LogP contribution in [0.15, 0.2) is 30.7 Å². The van der Waals surface area contributed by atoms with Gasteiger partial charge < -0.3 is 19.1 Å². The maximum absolute atomic E-state index is 10.5. The number of aliphatic hydroxyl groups is 1. The van der Waals surface area contributed by atoms with E-state index < -0.39 is 6.10 Å². The molecule has 108 valence electrons. The van der Waals surface area contributed by atoms with Crippen molar-refractivity contribution < 1.29 is 14.6 Å². The van der Waals surface area contributed by atoms with Gasteiger partial charge in [0.15, 0.2) is 11.5 Å². The highest BCUT2D eigenvalue weighted by Gasteiger charge is 2.18. The van der Waals surface area contributed by atoms with E-state index >= 15 is 0 Å². The number of methoxy groups -OCH3 is 2. The standard InChI is InChI=1S/C15H20N2O3/c1-10(2)17-9-16-8-12(17)15(18)11-5-6-13(19-3)14(7-11)20-4/h5-10,15,18H,1-4H3. The van der Waals surface area contributed by atoms with Crippen LogP contribution in [0.3, 0.4) is 0 Å². The lowest BCUT2D eigenvalue weighted by molar-refractivity contribution is 0.207. The lowest BCUT2D eigenvalue weighted by atomic mass is 10.1. The van der Waals surface area contributed by atoms with E-state index in [4.69, 9.17) is 9.47 Å². The summed E-state index contributed by atoms with van der Waals surface area (Å²) < 4.78 is 12.4. The number of rotatable bonds is 5. The minimum absolute atomic E-state index is 0.238. The summed E-state index contributed by atoms with van der Waals surface area (Å²) in [6.07, 6.45) is 2.66. The largest absolute Gasteiger partial charge is 0.493 e. The van der Waals surface area contributed by atoms with Crippen LogP contribution in [0.1, 0.15) is 37.3 Å². The lowest BCUT2D eigenvalue weighted by Crippen LogP contribution is -2.10. The molecule has 2 aromatic rings. The van der Waals surface area contributed by atoms with Crippen molar-refractivity contribution in [2.45, 2.75) is 26.0 Å². The van der Waals surface area contributed by atoms with E-state index in [1.54, 1.807) is 38.9 Å². The Balaban J connectivity index is 2.38. The summed E-state index contributed by atoms with van der Waals surface area (Å²) in [6.45, 7) is 4.10. The van der Waals surface area contributed by atoms with E-state index in [-0.39, 0.29) is 6.04 Å². The Morgan fingerprint density at radius 1 is 1.15 bits per heavy atom. The molecule has 1 heterocycles. The molecule has 0 saturated carbocycles. The average molecular weight is 276 g/mol. The molecule has 0 bridgehead atoms. The van der Waals surface area contributed by atoms with Crippen LogP contribution in [0.2, 0.25) is 0 Å². The van der Waals surface area contributed by atoms with Crippen molar-refractivity contribution in [1.29, 1.82) is 0 Å². The molecular weight excluding hydrogens is 256 g/mol. The molecule has 1 aromatic carbocycles. The predicted octanol–water partition coefficient (Wildman–Crippen LogP) is 2.56. The molecule has 1 unspecified atom stereocenters. The molecule has 5 nitrogen and oxygen atoms in total. The number of nitrogens with zero attached hydrogens (tertiary/aromatic N) is 2. The minimum Gasteiger partial charge on any atom is -0.493 e. The Morgan fingerprint density at radius 3 is 2.45 bits per heavy atom. The number of hydrogen-bond donors (Lipinski definition) is 1. The first-order valence-electron chi connectivity index (χ1n) is 6.50. The Kier molecular flexibility index (Phi) is 4.29. The Morgan fingerprint density at radius 2 is 1.85 bits per heavy atom. The fourth-order valence-corrected chi connectivity index (χ4v) is 2.15. The van der Waals surface area contributed by atoms with Gasteiger partial charge in [0, 0.05) is 6.04 Å². The van der Waals surface area contributed by atoms with E-state index in [1.807, 2.05) is 24.5 Å². The monoisotopic (exact) mass is 276 g/mol. The van der Waals surface area contributed by atoms with Crippen LogP contribution < -0.4 is 9.47 Å². The molecule has 0 aliphatic carbocycles. The van der Waals surface area contributed by atoms with Crippen LogP contribution in [0.5, 0.6) is 11.5 Å². The van der Waals surface area contributed by atoms with Crippen molar-refractivity contribution in [2.75, 3.05) is 14.2 Å². The number of aliphatic hydroxyl groups excluding tert-OH is 1. The van der Waals surface area contributed by atoms with Crippen LogP contribution >= 0.6 is 0 Å². The molecule has 0 amide bonds. The molecule has 2 rings (SSSR count). The second kappa shape index (κ2) is 5.96. The molecule has 0 aliphatic heterocycles. The molecule has 0 fully saturated rings. The molecular formula is C15H20N2O3. The van der Waals surface area contributed by atoms with Gasteiger partial charge in [-0.1, -0.05) is 6.07 Å². The van der Waals surface area contributed by atoms with Crippen molar-refractivity contribution in [3.8, 4) is 11.5 Å². The quantitative estimate of drug-likeness (QED) is 0.912. The van der Waals surface area contributed by atoms with Gasteiger partial charge in [0.05, 0.1) is 32.4 Å². The second-order valence-corrected chi connectivity index (χ2v) is 4.84. The smallest absolute Gasteiger partial charge is 0.161 e. The molecule has 1 aromatic heterocycles. The maximum atomic E-state index is 10.5. The minimum atomic E-state index is -0.750. The first-order valence-corrected chi connectivity index (χ1v) is 6.50. The van der Waals surface area contributed by atoms with Crippen molar-refractivity contribution in [3.63, 3.8) is 0 Å². The zero-order valence-electron chi connectivity index (χ0n) is 12.2. The highest BCUT2D eigenvalue weighted by atomic mass is 16.5. The van der Waals surface area contributed by atoms with Crippen molar-refractivity contribution in [1.82, 2.24) is 9.55 Å². The summed E-state index contributed by atoms with van der Waals surface area (Å²) in [4.78, 5) is 4.11. The van der Waals surface area contributed by atoms with Crippen LogP contribution in [0.25, 0.3) is 0 Å². The molecule has 0 spiro atoms. The van der Waals surface area contributed by atoms with E-state index in [0.717, 1.165) is 11.3 Å². The van der Waals surface area contributed by atoms with E-state index in [9.17, 15) is 5.11 Å². The molecule has 0 saturated heterocycles. The third-order valence-electron chi connectivity index (χ3n) is 3.26. The molecule has 0 aliphatic rings. The molecule has 0 radical (unpaired) electrons. The molecule has 1 N–H and O–H groups in total. The maximum Gasteiger partial charge on any atom is 0.161 e. The van der Waals surface area contributed by atoms with Crippen molar-refractivity contribution >= 4 is 0 Å². The first-order chi connectivity index (χ1) is 9.58. The fourth-order valence-electron chi connectivity index (χ4n) is 2.15. The van der Waals surface area contributed by atoms with Crippen molar-refractivity contribution in [2.24, 2.45) is 0 Å². The fraction of sp³-hybridized carbons (Fsp3) is 0.400. The van der Waals surface area contributed by atoms with Crippen LogP contribution in [-0.4, -0.2) is 28.9 Å². The summed E-state index contributed by atoms with van der Waals surface area (Å²) >= 11 is 0. The summed E-state index contributed by atoms with van der Waals surface area (Å²) in [5, 5.41) is 10.5. The number of imidazole rings is 1. The molecule has 20 heavy (non-hydrogen) atoms. The summed E-state index contributed by atoms with van der Waals surface area (Å²) in [7, 11) is 3.16. The summed E-state index contributed by atoms with van der Waals surface area (Å²) in [6, 6.07) is 5.63. The van der Waals surface area contributed by atoms with Gasteiger partial charge in [-0.3, -0.25) is 0 Å². The van der Waals surface area contributed by atoms with Gasteiger partial charge in [-0.05, 0) is 31.5 Å². The van der Waals surface area contributed by atoms with Gasteiger partial charge >= 0.3 is 0 Å². The Hall–Kier alpha value is -2.01. The van der Waals surface area contributed by atoms with Gasteiger partial charge in [-0.25, -0.2) is 4.98 Å². The Labute approximate surface area is 118 Å². The topological polar surface area (TPSA) is 56.5 Å². The summed E-state index contributed by atoms with van der Waals surface area (Å²) in [5.41, 5.74) is 1.50. The summed E-state index contributed by atoms with van der Waals surface area (Å²) in [5.74, 6) is 1.24. The highest BCUT2D eigenvalue weighted by molar-refractivity contribution is 5.44. The normalized spacial score (nSPS) is 12.5. The number of hydrogen-bond acceptors (Lipinski definition) is 4. The van der Waals surface area contributed by atoms with Crippen LogP contribution in [0.4, 0.5) is 0 Å². The zero-order valence-corrected chi connectivity index (χ0v) is 12.2. The van der Waals surface area contributed by atoms with Gasteiger partial charge in [0.1, 0.15) is 6.10 Å². The second-order valence-electron chi connectivity index (χ2n) is 4.84. The number of benzene rings is 1. The van der Waals surface area contributed by atoms with E-state index in [0.29, 0.717) is 11.5 Å². The average Bonchev–Trinajstić information content (AvgIpc) is 2.95. The molecule has 1 atom stereocenters. The van der Waals surface area contributed by atoms with Crippen LogP contribution in [0, 0.1) is 0 Å². The van der Waals surface area contributed by atoms with Crippen molar-refractivity contribution in [3.05, 3.63) is 42.0 Å². The van der Waals surface area contributed by atoms with Crippen LogP contribution in [-0.2, 0) is 0 Å². The third kappa shape index (κ3) is 2.63. The van der Waals surface area contributed by atoms with Gasteiger partial charge in [0.2, 0.25) is 0 Å². The van der Waals surface area contributed by atoms with Gasteiger partial charge in [-0.15, -0.1) is 0 Å². The van der Waals surface area contributed by atoms with Gasteiger partial charge in [0.25, 0.3) is 0 Å². The SMILES string of the molecule is COc1ccc(C(O)c2cncn2C(C)C)cc1OC. The lowest BCUT2D eigenvalue weighted by Gasteiger charge is -2.18. The molecule has 5 heteroatoms. The predicted molar refractivity (Wildman–Crippen MR) is 76.2 cm³/mol. The zero-order chi connectivity index (χ0) is 14.7.